The Morgan fingerprint density at radius 1 is 0.968 bits per heavy atom. The van der Waals surface area contributed by atoms with Crippen molar-refractivity contribution in [1.82, 2.24) is 24.5 Å². The quantitative estimate of drug-likeness (QED) is 0.416. The number of imidazole rings is 1. The Morgan fingerprint density at radius 2 is 1.68 bits per heavy atom. The number of phenolic OH excluding ortho intramolecular Hbond substituents is 1. The molecule has 5 aromatic rings. The van der Waals surface area contributed by atoms with Crippen LogP contribution in [0.5, 0.6) is 5.75 Å². The number of aromatic amines is 1. The number of hydrogen-bond acceptors (Lipinski definition) is 7. The van der Waals surface area contributed by atoms with Gasteiger partial charge in [-0.2, -0.15) is 10.5 Å². The monoisotopic (exact) mass is 406 g/mol. The molecule has 3 aromatic heterocycles. The van der Waals surface area contributed by atoms with Crippen molar-refractivity contribution in [3.8, 4) is 29.3 Å². The van der Waals surface area contributed by atoms with Crippen molar-refractivity contribution in [2.45, 2.75) is 6.54 Å². The number of para-hydroxylation sites is 2. The molecule has 148 valence electrons. The maximum absolute atomic E-state index is 9.56. The van der Waals surface area contributed by atoms with Crippen molar-refractivity contribution in [3.05, 3.63) is 65.5 Å². The van der Waals surface area contributed by atoms with Gasteiger partial charge in [0.05, 0.1) is 23.1 Å². The molecule has 9 nitrogen and oxygen atoms in total. The average molecular weight is 406 g/mol. The molecular formula is C22H14N8O. The zero-order chi connectivity index (χ0) is 21.5. The smallest absolute Gasteiger partial charge is 0.179 e. The molecule has 4 N–H and O–H groups in total. The molecule has 0 atom stereocenters. The van der Waals surface area contributed by atoms with Gasteiger partial charge < -0.3 is 20.4 Å². The number of benzene rings is 2. The number of hydrogen-bond donors (Lipinski definition) is 3. The Hall–Kier alpha value is -4.89. The molecule has 0 fully saturated rings. The molecule has 0 aliphatic carbocycles. The average Bonchev–Trinajstić information content (AvgIpc) is 3.32. The van der Waals surface area contributed by atoms with Crippen LogP contribution < -0.4 is 5.73 Å². The van der Waals surface area contributed by atoms with E-state index >= 15 is 0 Å². The molecule has 31 heavy (non-hydrogen) atoms. The summed E-state index contributed by atoms with van der Waals surface area (Å²) in [5, 5.41) is 28.4. The lowest BCUT2D eigenvalue weighted by molar-refractivity contribution is 0.475. The molecular weight excluding hydrogens is 392 g/mol. The van der Waals surface area contributed by atoms with Crippen LogP contribution in [0.2, 0.25) is 0 Å². The number of anilines is 1. The molecule has 0 aliphatic heterocycles. The molecule has 3 heterocycles. The van der Waals surface area contributed by atoms with E-state index in [1.165, 1.54) is 0 Å². The molecule has 0 spiro atoms. The second kappa shape index (κ2) is 6.87. The lowest BCUT2D eigenvalue weighted by atomic mass is 10.2. The number of nitriles is 2. The zero-order valence-corrected chi connectivity index (χ0v) is 16.0. The third kappa shape index (κ3) is 2.89. The minimum absolute atomic E-state index is 0.0735. The van der Waals surface area contributed by atoms with Crippen molar-refractivity contribution in [2.24, 2.45) is 0 Å². The third-order valence-electron chi connectivity index (χ3n) is 5.03. The lowest BCUT2D eigenvalue weighted by Gasteiger charge is -2.08. The molecule has 0 radical (unpaired) electrons. The summed E-state index contributed by atoms with van der Waals surface area (Å²) in [7, 11) is 0. The molecule has 0 saturated carbocycles. The number of nitrogens with zero attached hydrogens (tertiary/aromatic N) is 6. The topological polar surface area (TPSA) is 153 Å². The van der Waals surface area contributed by atoms with E-state index in [1.54, 1.807) is 28.8 Å². The molecule has 9 heteroatoms. The Morgan fingerprint density at radius 3 is 2.39 bits per heavy atom. The van der Waals surface area contributed by atoms with Gasteiger partial charge in [-0.25, -0.2) is 15.0 Å². The van der Waals surface area contributed by atoms with E-state index in [9.17, 15) is 15.6 Å². The van der Waals surface area contributed by atoms with Gasteiger partial charge in [0, 0.05) is 0 Å². The van der Waals surface area contributed by atoms with Crippen LogP contribution in [0.4, 0.5) is 5.82 Å². The third-order valence-corrected chi connectivity index (χ3v) is 5.03. The molecule has 5 rings (SSSR count). The van der Waals surface area contributed by atoms with Gasteiger partial charge in [0.2, 0.25) is 0 Å². The first-order chi connectivity index (χ1) is 15.1. The largest absolute Gasteiger partial charge is 0.508 e. The lowest BCUT2D eigenvalue weighted by Crippen LogP contribution is -2.06. The first-order valence-corrected chi connectivity index (χ1v) is 9.32. The minimum Gasteiger partial charge on any atom is -0.508 e. The minimum atomic E-state index is -0.0749. The highest BCUT2D eigenvalue weighted by Crippen LogP contribution is 2.35. The number of nitrogens with one attached hydrogen (secondary N) is 1. The number of nitrogens with two attached hydrogens (primary N) is 1. The normalized spacial score (nSPS) is 10.9. The predicted octanol–water partition coefficient (Wildman–Crippen LogP) is 3.05. The summed E-state index contributed by atoms with van der Waals surface area (Å²) in [5.74, 6) is 0.999. The van der Waals surface area contributed by atoms with Crippen molar-refractivity contribution >= 4 is 28.0 Å². The van der Waals surface area contributed by atoms with Crippen LogP contribution in [0, 0.1) is 22.7 Å². The van der Waals surface area contributed by atoms with E-state index in [0.717, 1.165) is 16.6 Å². The van der Waals surface area contributed by atoms with Crippen LogP contribution in [0.3, 0.4) is 0 Å². The van der Waals surface area contributed by atoms with Crippen molar-refractivity contribution in [3.63, 3.8) is 0 Å². The van der Waals surface area contributed by atoms with Crippen molar-refractivity contribution in [2.75, 3.05) is 5.73 Å². The SMILES string of the molecule is N#Cc1nc2c(-c3nc4ccccc4[nH]3)c(N)n(Cc3ccc(O)cc3)c2nc1C#N. The van der Waals surface area contributed by atoms with Gasteiger partial charge in [-0.15, -0.1) is 0 Å². The summed E-state index contributed by atoms with van der Waals surface area (Å²) < 4.78 is 1.72. The fourth-order valence-electron chi connectivity index (χ4n) is 3.56. The van der Waals surface area contributed by atoms with E-state index in [0.29, 0.717) is 34.9 Å². The molecule has 2 aromatic carbocycles. The fourth-order valence-corrected chi connectivity index (χ4v) is 3.56. The van der Waals surface area contributed by atoms with Crippen LogP contribution >= 0.6 is 0 Å². The van der Waals surface area contributed by atoms with Crippen LogP contribution in [0.25, 0.3) is 33.6 Å². The Kier molecular flexibility index (Phi) is 4.02. The number of phenols is 1. The van der Waals surface area contributed by atoms with Crippen LogP contribution in [-0.4, -0.2) is 29.6 Å². The summed E-state index contributed by atoms with van der Waals surface area (Å²) in [4.78, 5) is 16.7. The summed E-state index contributed by atoms with van der Waals surface area (Å²) in [6.07, 6.45) is 0. The molecule has 0 amide bonds. The summed E-state index contributed by atoms with van der Waals surface area (Å²) in [5.41, 5.74) is 10.1. The first-order valence-electron chi connectivity index (χ1n) is 9.32. The second-order valence-electron chi connectivity index (χ2n) is 6.93. The van der Waals surface area contributed by atoms with Gasteiger partial charge in [-0.3, -0.25) is 0 Å². The maximum atomic E-state index is 9.56. The Bertz CT molecular complexity index is 1510. The summed E-state index contributed by atoms with van der Waals surface area (Å²) in [6, 6.07) is 18.1. The number of nitrogen functional groups attached to an aromatic ring is 1. The molecule has 0 bridgehead atoms. The van der Waals surface area contributed by atoms with Crippen LogP contribution in [0.15, 0.2) is 48.5 Å². The van der Waals surface area contributed by atoms with Crippen molar-refractivity contribution < 1.29 is 5.11 Å². The molecule has 0 unspecified atom stereocenters. The zero-order valence-electron chi connectivity index (χ0n) is 16.0. The summed E-state index contributed by atoms with van der Waals surface area (Å²) >= 11 is 0. The van der Waals surface area contributed by atoms with Crippen LogP contribution in [0.1, 0.15) is 17.0 Å². The Labute approximate surface area is 175 Å². The second-order valence-corrected chi connectivity index (χ2v) is 6.93. The molecule has 0 aliphatic rings. The van der Waals surface area contributed by atoms with E-state index < -0.39 is 0 Å². The van der Waals surface area contributed by atoms with E-state index in [1.807, 2.05) is 36.4 Å². The van der Waals surface area contributed by atoms with Gasteiger partial charge in [0.25, 0.3) is 0 Å². The maximum Gasteiger partial charge on any atom is 0.179 e. The predicted molar refractivity (Wildman–Crippen MR) is 114 cm³/mol. The number of rotatable bonds is 3. The van der Waals surface area contributed by atoms with E-state index in [2.05, 4.69) is 19.9 Å². The highest BCUT2D eigenvalue weighted by Gasteiger charge is 2.24. The number of fused-ring (bicyclic) bond motifs is 2. The number of aromatic hydroxyl groups is 1. The first kappa shape index (κ1) is 18.2. The highest BCUT2D eigenvalue weighted by molar-refractivity contribution is 5.98. The molecule has 0 saturated heterocycles. The Balaban J connectivity index is 1.80. The fraction of sp³-hybridized carbons (Fsp3) is 0.0455. The summed E-state index contributed by atoms with van der Waals surface area (Å²) in [6.45, 7) is 0.328. The number of H-pyrrole nitrogens is 1. The van der Waals surface area contributed by atoms with Crippen molar-refractivity contribution in [1.29, 1.82) is 10.5 Å². The van der Waals surface area contributed by atoms with Gasteiger partial charge in [0.15, 0.2) is 17.0 Å². The number of aromatic nitrogens is 5. The van der Waals surface area contributed by atoms with Gasteiger partial charge in [-0.05, 0) is 29.8 Å². The van der Waals surface area contributed by atoms with Crippen LogP contribution in [-0.2, 0) is 6.54 Å². The van der Waals surface area contributed by atoms with Gasteiger partial charge in [0.1, 0.15) is 35.0 Å². The standard InChI is InChI=1S/C22H14N8O/c23-9-16-17(10-24)29-22-19(26-16)18(21-27-14-3-1-2-4-15(14)28-21)20(25)30(22)11-12-5-7-13(31)8-6-12/h1-8,31H,11,25H2,(H,27,28). The van der Waals surface area contributed by atoms with Gasteiger partial charge in [-0.1, -0.05) is 24.3 Å². The van der Waals surface area contributed by atoms with E-state index in [-0.39, 0.29) is 17.1 Å². The highest BCUT2D eigenvalue weighted by atomic mass is 16.3. The van der Waals surface area contributed by atoms with E-state index in [4.69, 9.17) is 5.73 Å². The van der Waals surface area contributed by atoms with Gasteiger partial charge >= 0.3 is 0 Å².